The van der Waals surface area contributed by atoms with Crippen molar-refractivity contribution in [2.45, 2.75) is 31.3 Å². The average Bonchev–Trinajstić information content (AvgIpc) is 2.75. The maximum atomic E-state index is 12.7. The minimum Gasteiger partial charge on any atom is -0.480 e. The van der Waals surface area contributed by atoms with Crippen LogP contribution in [0.1, 0.15) is 18.9 Å². The summed E-state index contributed by atoms with van der Waals surface area (Å²) in [7, 11) is -3.88. The second-order valence-electron chi connectivity index (χ2n) is 7.02. The van der Waals surface area contributed by atoms with Crippen LogP contribution in [0.5, 0.6) is 5.75 Å². The number of amides is 1. The Morgan fingerprint density at radius 1 is 1.03 bits per heavy atom. The van der Waals surface area contributed by atoms with E-state index in [1.807, 2.05) is 38.1 Å². The normalized spacial score (nSPS) is 12.1. The molecule has 0 aliphatic heterocycles. The maximum Gasteiger partial charge on any atom is 0.265 e. The summed E-state index contributed by atoms with van der Waals surface area (Å²) in [6.07, 6.45) is -0.216. The fraction of sp³-hybridized carbons (Fsp3) is 0.174. The van der Waals surface area contributed by atoms with E-state index in [9.17, 15) is 13.2 Å². The Balaban J connectivity index is 1.69. The van der Waals surface area contributed by atoms with Crippen molar-refractivity contribution in [3.8, 4) is 5.75 Å². The fourth-order valence-electron chi connectivity index (χ4n) is 2.88. The minimum absolute atomic E-state index is 0.0183. The Kier molecular flexibility index (Phi) is 7.66. The number of anilines is 2. The van der Waals surface area contributed by atoms with E-state index in [-0.39, 0.29) is 21.5 Å². The van der Waals surface area contributed by atoms with Gasteiger partial charge in [-0.15, -0.1) is 0 Å². The van der Waals surface area contributed by atoms with Gasteiger partial charge in [-0.25, -0.2) is 8.42 Å². The molecule has 168 valence electrons. The van der Waals surface area contributed by atoms with Crippen LogP contribution in [0.3, 0.4) is 0 Å². The number of hydrogen-bond acceptors (Lipinski definition) is 4. The quantitative estimate of drug-likeness (QED) is 0.409. The largest absolute Gasteiger partial charge is 0.480 e. The zero-order valence-corrected chi connectivity index (χ0v) is 19.8. The lowest BCUT2D eigenvalue weighted by Crippen LogP contribution is -2.32. The lowest BCUT2D eigenvalue weighted by atomic mass is 10.2. The van der Waals surface area contributed by atoms with Crippen LogP contribution in [-0.4, -0.2) is 20.4 Å². The van der Waals surface area contributed by atoms with Gasteiger partial charge in [0.1, 0.15) is 5.75 Å². The van der Waals surface area contributed by atoms with Crippen LogP contribution in [0.4, 0.5) is 11.4 Å². The first-order valence-electron chi connectivity index (χ1n) is 9.80. The monoisotopic (exact) mass is 492 g/mol. The lowest BCUT2D eigenvalue weighted by Gasteiger charge is -2.18. The van der Waals surface area contributed by atoms with Crippen molar-refractivity contribution in [3.63, 3.8) is 0 Å². The van der Waals surface area contributed by atoms with Crippen molar-refractivity contribution in [3.05, 3.63) is 82.3 Å². The third kappa shape index (κ3) is 5.94. The first kappa shape index (κ1) is 23.9. The molecule has 0 aromatic heterocycles. The molecule has 0 aliphatic carbocycles. The van der Waals surface area contributed by atoms with Gasteiger partial charge < -0.3 is 10.1 Å². The zero-order chi connectivity index (χ0) is 23.3. The molecule has 2 N–H and O–H groups in total. The maximum absolute atomic E-state index is 12.7. The van der Waals surface area contributed by atoms with E-state index in [1.54, 1.807) is 0 Å². The molecular weight excluding hydrogens is 471 g/mol. The Labute approximate surface area is 197 Å². The van der Waals surface area contributed by atoms with Gasteiger partial charge in [0.15, 0.2) is 6.10 Å². The van der Waals surface area contributed by atoms with Crippen LogP contribution in [0.25, 0.3) is 0 Å². The molecule has 0 spiro atoms. The number of halogens is 2. The molecule has 0 radical (unpaired) electrons. The molecule has 0 saturated heterocycles. The molecule has 1 atom stereocenters. The summed E-state index contributed by atoms with van der Waals surface area (Å²) in [5, 5.41) is 3.34. The van der Waals surface area contributed by atoms with Crippen molar-refractivity contribution in [1.82, 2.24) is 0 Å². The molecule has 3 aromatic rings. The highest BCUT2D eigenvalue weighted by molar-refractivity contribution is 7.92. The molecule has 6 nitrogen and oxygen atoms in total. The highest BCUT2D eigenvalue weighted by atomic mass is 35.5. The summed E-state index contributed by atoms with van der Waals surface area (Å²) in [5.41, 5.74) is 1.60. The number of ether oxygens (including phenoxy) is 1. The van der Waals surface area contributed by atoms with E-state index in [0.717, 1.165) is 5.56 Å². The van der Waals surface area contributed by atoms with E-state index >= 15 is 0 Å². The molecular formula is C23H22Cl2N2O4S. The van der Waals surface area contributed by atoms with Gasteiger partial charge in [-0.1, -0.05) is 48.3 Å². The number of carbonyl (C=O) groups excluding carboxylic acids is 1. The number of carbonyl (C=O) groups is 1. The van der Waals surface area contributed by atoms with Crippen LogP contribution >= 0.6 is 23.2 Å². The second kappa shape index (κ2) is 10.3. The molecule has 32 heavy (non-hydrogen) atoms. The SMILES string of the molecule is CC[C@@H](Oc1ccccc1C)C(=O)Nc1ccc(S(=O)(=O)Nc2ccc(Cl)cc2Cl)cc1. The van der Waals surface area contributed by atoms with Crippen LogP contribution in [0.2, 0.25) is 10.0 Å². The minimum atomic E-state index is -3.88. The van der Waals surface area contributed by atoms with Crippen LogP contribution in [0, 0.1) is 6.92 Å². The fourth-order valence-corrected chi connectivity index (χ4v) is 4.47. The summed E-state index contributed by atoms with van der Waals surface area (Å²) in [4.78, 5) is 12.7. The Hall–Kier alpha value is -2.74. The van der Waals surface area contributed by atoms with Crippen LogP contribution in [-0.2, 0) is 14.8 Å². The first-order valence-corrected chi connectivity index (χ1v) is 12.0. The molecule has 0 heterocycles. The first-order chi connectivity index (χ1) is 15.2. The number of para-hydroxylation sites is 1. The lowest BCUT2D eigenvalue weighted by molar-refractivity contribution is -0.122. The third-order valence-electron chi connectivity index (χ3n) is 4.63. The molecule has 9 heteroatoms. The predicted octanol–water partition coefficient (Wildman–Crippen LogP) is 5.90. The van der Waals surface area contributed by atoms with Crippen molar-refractivity contribution >= 4 is 50.5 Å². The zero-order valence-electron chi connectivity index (χ0n) is 17.4. The number of sulfonamides is 1. The molecule has 0 aliphatic rings. The summed E-state index contributed by atoms with van der Waals surface area (Å²) in [6, 6.07) is 17.7. The molecule has 0 bridgehead atoms. The highest BCUT2D eigenvalue weighted by Crippen LogP contribution is 2.28. The number of hydrogen-bond donors (Lipinski definition) is 2. The van der Waals surface area contributed by atoms with Gasteiger partial charge in [-0.2, -0.15) is 0 Å². The standard InChI is InChI=1S/C23H22Cl2N2O4S/c1-3-21(31-22-7-5-4-6-15(22)2)23(28)26-17-9-11-18(12-10-17)32(29,30)27-20-13-8-16(24)14-19(20)25/h4-14,21,27H,3H2,1-2H3,(H,26,28)/t21-/m1/s1. The third-order valence-corrected chi connectivity index (χ3v) is 6.56. The highest BCUT2D eigenvalue weighted by Gasteiger charge is 2.20. The molecule has 3 rings (SSSR count). The molecule has 0 saturated carbocycles. The number of aryl methyl sites for hydroxylation is 1. The molecule has 1 amide bonds. The van der Waals surface area contributed by atoms with E-state index in [0.29, 0.717) is 22.9 Å². The van der Waals surface area contributed by atoms with Gasteiger partial charge in [0.2, 0.25) is 0 Å². The van der Waals surface area contributed by atoms with Gasteiger partial charge in [0.25, 0.3) is 15.9 Å². The Morgan fingerprint density at radius 2 is 1.72 bits per heavy atom. The van der Waals surface area contributed by atoms with E-state index in [1.165, 1.54) is 42.5 Å². The van der Waals surface area contributed by atoms with Gasteiger partial charge in [0.05, 0.1) is 15.6 Å². The van der Waals surface area contributed by atoms with Crippen LogP contribution < -0.4 is 14.8 Å². The van der Waals surface area contributed by atoms with E-state index < -0.39 is 16.1 Å². The summed E-state index contributed by atoms with van der Waals surface area (Å²) in [6.45, 7) is 3.76. The smallest absolute Gasteiger partial charge is 0.265 e. The summed E-state index contributed by atoms with van der Waals surface area (Å²) < 4.78 is 33.6. The predicted molar refractivity (Wildman–Crippen MR) is 128 cm³/mol. The van der Waals surface area contributed by atoms with Crippen LogP contribution in [0.15, 0.2) is 71.6 Å². The van der Waals surface area contributed by atoms with Crippen molar-refractivity contribution < 1.29 is 17.9 Å². The van der Waals surface area contributed by atoms with Gasteiger partial charge >= 0.3 is 0 Å². The Bertz CT molecular complexity index is 1210. The number of rotatable bonds is 8. The van der Waals surface area contributed by atoms with Crippen molar-refractivity contribution in [2.24, 2.45) is 0 Å². The summed E-state index contributed by atoms with van der Waals surface area (Å²) >= 11 is 11.9. The second-order valence-corrected chi connectivity index (χ2v) is 9.55. The average molecular weight is 493 g/mol. The Morgan fingerprint density at radius 3 is 2.34 bits per heavy atom. The molecule has 0 fully saturated rings. The van der Waals surface area contributed by atoms with Crippen molar-refractivity contribution in [1.29, 1.82) is 0 Å². The molecule has 0 unspecified atom stereocenters. The van der Waals surface area contributed by atoms with Gasteiger partial charge in [-0.3, -0.25) is 9.52 Å². The number of nitrogens with one attached hydrogen (secondary N) is 2. The molecule has 3 aromatic carbocycles. The van der Waals surface area contributed by atoms with E-state index in [4.69, 9.17) is 27.9 Å². The topological polar surface area (TPSA) is 84.5 Å². The van der Waals surface area contributed by atoms with Gasteiger partial charge in [-0.05, 0) is 67.4 Å². The van der Waals surface area contributed by atoms with Gasteiger partial charge in [0, 0.05) is 10.7 Å². The van der Waals surface area contributed by atoms with E-state index in [2.05, 4.69) is 10.0 Å². The van der Waals surface area contributed by atoms with Crippen molar-refractivity contribution in [2.75, 3.05) is 10.0 Å². The number of benzene rings is 3. The summed E-state index contributed by atoms with van der Waals surface area (Å²) in [5.74, 6) is 0.320.